The second-order valence-corrected chi connectivity index (χ2v) is 5.38. The summed E-state index contributed by atoms with van der Waals surface area (Å²) >= 11 is 0. The van der Waals surface area contributed by atoms with E-state index in [2.05, 4.69) is 46.8 Å². The minimum absolute atomic E-state index is 0.730. The molecule has 0 heterocycles. The highest BCUT2D eigenvalue weighted by Crippen LogP contribution is 2.15. The summed E-state index contributed by atoms with van der Waals surface area (Å²) in [6.45, 7) is 11.8. The maximum Gasteiger partial charge on any atom is 0.0646 e. The Labute approximate surface area is 114 Å². The number of rotatable bonds is 8. The monoisotopic (exact) mass is 250 g/mol. The van der Waals surface area contributed by atoms with Gasteiger partial charge in [0.15, 0.2) is 0 Å². The van der Waals surface area contributed by atoms with E-state index in [9.17, 15) is 0 Å². The number of hydrogen-bond donors (Lipinski definition) is 0. The van der Waals surface area contributed by atoms with E-state index in [1.54, 1.807) is 7.11 Å². The molecule has 0 rings (SSSR count). The summed E-state index contributed by atoms with van der Waals surface area (Å²) in [4.78, 5) is 0. The van der Waals surface area contributed by atoms with E-state index in [0.29, 0.717) is 0 Å². The topological polar surface area (TPSA) is 9.23 Å². The summed E-state index contributed by atoms with van der Waals surface area (Å²) < 4.78 is 5.03. The maximum atomic E-state index is 5.03. The van der Waals surface area contributed by atoms with Gasteiger partial charge in [-0.25, -0.2) is 0 Å². The second-order valence-electron chi connectivity index (χ2n) is 5.38. The van der Waals surface area contributed by atoms with Gasteiger partial charge in [-0.15, -0.1) is 0 Å². The third kappa shape index (κ3) is 9.23. The van der Waals surface area contributed by atoms with Crippen molar-refractivity contribution in [2.24, 2.45) is 0 Å². The number of hydrogen-bond acceptors (Lipinski definition) is 1. The minimum Gasteiger partial charge on any atom is -0.381 e. The SMILES string of the molecule is COC/C=C(\C)CC/C=C(\C)CCC(C)=C(C)C. The zero-order chi connectivity index (χ0) is 14.0. The smallest absolute Gasteiger partial charge is 0.0646 e. The lowest BCUT2D eigenvalue weighted by molar-refractivity contribution is 0.233. The van der Waals surface area contributed by atoms with Crippen LogP contribution in [0.3, 0.4) is 0 Å². The fourth-order valence-electron chi connectivity index (χ4n) is 1.61. The van der Waals surface area contributed by atoms with Crippen LogP contribution < -0.4 is 0 Å². The molecule has 0 spiro atoms. The number of allylic oxidation sites excluding steroid dienone is 5. The van der Waals surface area contributed by atoms with Gasteiger partial charge < -0.3 is 4.74 Å². The highest BCUT2D eigenvalue weighted by Gasteiger charge is 1.95. The van der Waals surface area contributed by atoms with Gasteiger partial charge >= 0.3 is 0 Å². The normalized spacial score (nSPS) is 12.8. The molecular formula is C17H30O. The molecule has 18 heavy (non-hydrogen) atoms. The number of methoxy groups -OCH3 is 1. The average Bonchev–Trinajstić information content (AvgIpc) is 2.33. The summed E-state index contributed by atoms with van der Waals surface area (Å²) in [7, 11) is 1.74. The molecule has 0 saturated heterocycles. The Kier molecular flexibility index (Phi) is 9.67. The molecule has 0 unspecified atom stereocenters. The van der Waals surface area contributed by atoms with Crippen molar-refractivity contribution in [3.63, 3.8) is 0 Å². The first-order valence-electron chi connectivity index (χ1n) is 6.90. The molecule has 1 nitrogen and oxygen atoms in total. The van der Waals surface area contributed by atoms with Crippen molar-refractivity contribution in [2.45, 2.75) is 60.3 Å². The lowest BCUT2D eigenvalue weighted by Gasteiger charge is -2.05. The Morgan fingerprint density at radius 1 is 0.833 bits per heavy atom. The standard InChI is InChI=1S/C17H30O/c1-14(2)17(5)11-10-15(3)8-7-9-16(4)12-13-18-6/h8,12H,7,9-11,13H2,1-6H3/b15-8+,16-12+. The molecule has 0 saturated carbocycles. The fourth-order valence-corrected chi connectivity index (χ4v) is 1.61. The van der Waals surface area contributed by atoms with Gasteiger partial charge in [0.1, 0.15) is 0 Å². The van der Waals surface area contributed by atoms with Crippen LogP contribution in [0.2, 0.25) is 0 Å². The molecule has 104 valence electrons. The van der Waals surface area contributed by atoms with Gasteiger partial charge in [-0.1, -0.05) is 34.4 Å². The second kappa shape index (κ2) is 10.1. The van der Waals surface area contributed by atoms with Gasteiger partial charge in [0.05, 0.1) is 6.61 Å². The van der Waals surface area contributed by atoms with E-state index in [0.717, 1.165) is 19.4 Å². The summed E-state index contributed by atoms with van der Waals surface area (Å²) in [5.74, 6) is 0. The van der Waals surface area contributed by atoms with Crippen LogP contribution in [0.15, 0.2) is 34.4 Å². The highest BCUT2D eigenvalue weighted by atomic mass is 16.5. The molecule has 0 atom stereocenters. The fraction of sp³-hybridized carbons (Fsp3) is 0.647. The first-order valence-corrected chi connectivity index (χ1v) is 6.90. The van der Waals surface area contributed by atoms with Crippen molar-refractivity contribution in [3.05, 3.63) is 34.4 Å². The summed E-state index contributed by atoms with van der Waals surface area (Å²) in [5.41, 5.74) is 5.91. The van der Waals surface area contributed by atoms with Crippen LogP contribution in [0.25, 0.3) is 0 Å². The van der Waals surface area contributed by atoms with Crippen molar-refractivity contribution in [3.8, 4) is 0 Å². The lowest BCUT2D eigenvalue weighted by atomic mass is 10.0. The molecule has 0 aromatic carbocycles. The molecule has 0 fully saturated rings. The first kappa shape index (κ1) is 17.2. The van der Waals surface area contributed by atoms with Crippen LogP contribution in [0.5, 0.6) is 0 Å². The molecule has 0 N–H and O–H groups in total. The van der Waals surface area contributed by atoms with E-state index < -0.39 is 0 Å². The summed E-state index contributed by atoms with van der Waals surface area (Å²) in [6, 6.07) is 0. The van der Waals surface area contributed by atoms with Crippen LogP contribution in [0.1, 0.15) is 60.3 Å². The molecule has 0 aliphatic rings. The zero-order valence-electron chi connectivity index (χ0n) is 13.1. The Balaban J connectivity index is 3.95. The highest BCUT2D eigenvalue weighted by molar-refractivity contribution is 5.10. The molecular weight excluding hydrogens is 220 g/mol. The molecule has 0 aromatic heterocycles. The lowest BCUT2D eigenvalue weighted by Crippen LogP contribution is -1.86. The largest absolute Gasteiger partial charge is 0.381 e. The molecule has 0 aliphatic heterocycles. The Morgan fingerprint density at radius 2 is 1.44 bits per heavy atom. The van der Waals surface area contributed by atoms with Crippen LogP contribution >= 0.6 is 0 Å². The van der Waals surface area contributed by atoms with Gasteiger partial charge in [0.25, 0.3) is 0 Å². The third-order valence-corrected chi connectivity index (χ3v) is 3.38. The van der Waals surface area contributed by atoms with E-state index in [1.165, 1.54) is 35.1 Å². The van der Waals surface area contributed by atoms with Crippen LogP contribution in [0, 0.1) is 0 Å². The Morgan fingerprint density at radius 3 is 2.00 bits per heavy atom. The van der Waals surface area contributed by atoms with Gasteiger partial charge in [0.2, 0.25) is 0 Å². The van der Waals surface area contributed by atoms with E-state index in [-0.39, 0.29) is 0 Å². The quantitative estimate of drug-likeness (QED) is 0.521. The molecule has 1 heteroatoms. The predicted octanol–water partition coefficient (Wildman–Crippen LogP) is 5.44. The summed E-state index contributed by atoms with van der Waals surface area (Å²) in [5, 5.41) is 0. The third-order valence-electron chi connectivity index (χ3n) is 3.38. The van der Waals surface area contributed by atoms with E-state index >= 15 is 0 Å². The van der Waals surface area contributed by atoms with Crippen molar-refractivity contribution < 1.29 is 4.74 Å². The van der Waals surface area contributed by atoms with Crippen molar-refractivity contribution in [1.29, 1.82) is 0 Å². The number of ether oxygens (including phenoxy) is 1. The molecule has 0 aliphatic carbocycles. The van der Waals surface area contributed by atoms with Gasteiger partial charge in [-0.3, -0.25) is 0 Å². The molecule has 0 aromatic rings. The molecule has 0 radical (unpaired) electrons. The van der Waals surface area contributed by atoms with Crippen molar-refractivity contribution in [1.82, 2.24) is 0 Å². The van der Waals surface area contributed by atoms with Gasteiger partial charge in [-0.2, -0.15) is 0 Å². The Bertz CT molecular complexity index is 315. The van der Waals surface area contributed by atoms with Crippen LogP contribution in [0.4, 0.5) is 0 Å². The summed E-state index contributed by atoms with van der Waals surface area (Å²) in [6.07, 6.45) is 9.22. The van der Waals surface area contributed by atoms with Gasteiger partial charge in [0, 0.05) is 7.11 Å². The predicted molar refractivity (Wildman–Crippen MR) is 81.9 cm³/mol. The maximum absolute atomic E-state index is 5.03. The van der Waals surface area contributed by atoms with Crippen molar-refractivity contribution in [2.75, 3.05) is 13.7 Å². The van der Waals surface area contributed by atoms with E-state index in [1.807, 2.05) is 0 Å². The molecule has 0 amide bonds. The molecule has 0 bridgehead atoms. The first-order chi connectivity index (χ1) is 8.47. The average molecular weight is 250 g/mol. The minimum atomic E-state index is 0.730. The van der Waals surface area contributed by atoms with Gasteiger partial charge in [-0.05, 0) is 60.3 Å². The Hall–Kier alpha value is -0.820. The van der Waals surface area contributed by atoms with Crippen LogP contribution in [-0.4, -0.2) is 13.7 Å². The van der Waals surface area contributed by atoms with E-state index in [4.69, 9.17) is 4.74 Å². The van der Waals surface area contributed by atoms with Crippen LogP contribution in [-0.2, 0) is 4.74 Å². The zero-order valence-corrected chi connectivity index (χ0v) is 13.1. The van der Waals surface area contributed by atoms with Crippen molar-refractivity contribution >= 4 is 0 Å².